The van der Waals surface area contributed by atoms with Crippen molar-refractivity contribution in [2.45, 2.75) is 45.6 Å². The van der Waals surface area contributed by atoms with Crippen molar-refractivity contribution < 1.29 is 14.4 Å². The van der Waals surface area contributed by atoms with Crippen LogP contribution < -0.4 is 0 Å². The van der Waals surface area contributed by atoms with E-state index in [9.17, 15) is 9.90 Å². The van der Waals surface area contributed by atoms with Crippen molar-refractivity contribution in [2.75, 3.05) is 13.6 Å². The van der Waals surface area contributed by atoms with Crippen molar-refractivity contribution in [1.82, 2.24) is 10.1 Å². The lowest BCUT2D eigenvalue weighted by atomic mass is 9.82. The van der Waals surface area contributed by atoms with Crippen molar-refractivity contribution >= 4 is 5.91 Å². The Morgan fingerprint density at radius 3 is 2.68 bits per heavy atom. The Kier molecular flexibility index (Phi) is 4.24. The van der Waals surface area contributed by atoms with Crippen LogP contribution in [0.3, 0.4) is 0 Å². The first-order chi connectivity index (χ1) is 8.97. The predicted octanol–water partition coefficient (Wildman–Crippen LogP) is 1.45. The number of amides is 1. The standard InChI is InChI=1S/C14H22N2O3/c1-9-13(10(2)19-15-9)4-5-14(18)16(3)8-11-6-12(17)7-11/h11-12,17H,4-8H2,1-3H3. The zero-order chi connectivity index (χ0) is 14.0. The third kappa shape index (κ3) is 3.35. The molecule has 1 heterocycles. The molecule has 19 heavy (non-hydrogen) atoms. The molecule has 0 aliphatic heterocycles. The van der Waals surface area contributed by atoms with Crippen LogP contribution in [0.1, 0.15) is 36.3 Å². The van der Waals surface area contributed by atoms with E-state index in [1.807, 2.05) is 20.9 Å². The van der Waals surface area contributed by atoms with Gasteiger partial charge in [0.1, 0.15) is 5.76 Å². The molecule has 1 saturated carbocycles. The van der Waals surface area contributed by atoms with Gasteiger partial charge in [-0.05, 0) is 39.0 Å². The number of hydrogen-bond acceptors (Lipinski definition) is 4. The Balaban J connectivity index is 1.77. The molecular weight excluding hydrogens is 244 g/mol. The van der Waals surface area contributed by atoms with Gasteiger partial charge in [-0.2, -0.15) is 0 Å². The van der Waals surface area contributed by atoms with E-state index in [-0.39, 0.29) is 12.0 Å². The third-order valence-electron chi connectivity index (χ3n) is 3.94. The fourth-order valence-corrected chi connectivity index (χ4v) is 2.62. The van der Waals surface area contributed by atoms with Crippen molar-refractivity contribution in [2.24, 2.45) is 5.92 Å². The van der Waals surface area contributed by atoms with Crippen LogP contribution in [0.2, 0.25) is 0 Å². The SMILES string of the molecule is Cc1noc(C)c1CCC(=O)N(C)CC1CC(O)C1. The first-order valence-corrected chi connectivity index (χ1v) is 6.81. The number of carbonyl (C=O) groups excluding carboxylic acids is 1. The smallest absolute Gasteiger partial charge is 0.222 e. The van der Waals surface area contributed by atoms with Crippen LogP contribution in [0.15, 0.2) is 4.52 Å². The second kappa shape index (κ2) is 5.74. The predicted molar refractivity (Wildman–Crippen MR) is 70.7 cm³/mol. The Morgan fingerprint density at radius 2 is 2.16 bits per heavy atom. The Hall–Kier alpha value is -1.36. The molecule has 0 atom stereocenters. The molecule has 0 spiro atoms. The minimum Gasteiger partial charge on any atom is -0.393 e. The van der Waals surface area contributed by atoms with Gasteiger partial charge < -0.3 is 14.5 Å². The van der Waals surface area contributed by atoms with Crippen LogP contribution >= 0.6 is 0 Å². The lowest BCUT2D eigenvalue weighted by Crippen LogP contribution is -2.39. The molecule has 5 heteroatoms. The summed E-state index contributed by atoms with van der Waals surface area (Å²) in [6, 6.07) is 0. The number of aryl methyl sites for hydroxylation is 2. The van der Waals surface area contributed by atoms with Gasteiger partial charge in [0.05, 0.1) is 11.8 Å². The van der Waals surface area contributed by atoms with E-state index in [2.05, 4.69) is 5.16 Å². The zero-order valence-electron chi connectivity index (χ0n) is 11.8. The average Bonchev–Trinajstić information content (AvgIpc) is 2.64. The fourth-order valence-electron chi connectivity index (χ4n) is 2.62. The highest BCUT2D eigenvalue weighted by Gasteiger charge is 2.29. The Bertz CT molecular complexity index is 430. The monoisotopic (exact) mass is 266 g/mol. The molecule has 1 aliphatic rings. The summed E-state index contributed by atoms with van der Waals surface area (Å²) in [6.45, 7) is 4.52. The molecule has 0 saturated heterocycles. The molecule has 2 rings (SSSR count). The van der Waals surface area contributed by atoms with Gasteiger partial charge in [-0.15, -0.1) is 0 Å². The van der Waals surface area contributed by atoms with Crippen molar-refractivity contribution in [3.63, 3.8) is 0 Å². The van der Waals surface area contributed by atoms with Gasteiger partial charge in [-0.25, -0.2) is 0 Å². The molecule has 5 nitrogen and oxygen atoms in total. The fraction of sp³-hybridized carbons (Fsp3) is 0.714. The zero-order valence-corrected chi connectivity index (χ0v) is 11.8. The minimum absolute atomic E-state index is 0.140. The normalized spacial score (nSPS) is 22.1. The molecule has 1 amide bonds. The second-order valence-electron chi connectivity index (χ2n) is 5.57. The molecule has 1 fully saturated rings. The molecule has 0 radical (unpaired) electrons. The number of rotatable bonds is 5. The molecule has 1 aromatic rings. The summed E-state index contributed by atoms with van der Waals surface area (Å²) in [5.74, 6) is 1.40. The number of aromatic nitrogens is 1. The first kappa shape index (κ1) is 14.1. The van der Waals surface area contributed by atoms with Crippen LogP contribution in [-0.4, -0.2) is 40.8 Å². The Morgan fingerprint density at radius 1 is 1.47 bits per heavy atom. The number of aliphatic hydroxyl groups is 1. The van der Waals surface area contributed by atoms with Crippen molar-refractivity contribution in [1.29, 1.82) is 0 Å². The minimum atomic E-state index is -0.157. The van der Waals surface area contributed by atoms with Crippen molar-refractivity contribution in [3.05, 3.63) is 17.0 Å². The molecular formula is C14H22N2O3. The summed E-state index contributed by atoms with van der Waals surface area (Å²) in [7, 11) is 1.83. The van der Waals surface area contributed by atoms with Gasteiger partial charge in [-0.1, -0.05) is 5.16 Å². The van der Waals surface area contributed by atoms with E-state index < -0.39 is 0 Å². The lowest BCUT2D eigenvalue weighted by molar-refractivity contribution is -0.131. The van der Waals surface area contributed by atoms with Gasteiger partial charge in [0.25, 0.3) is 0 Å². The summed E-state index contributed by atoms with van der Waals surface area (Å²) in [4.78, 5) is 13.8. The second-order valence-corrected chi connectivity index (χ2v) is 5.57. The maximum absolute atomic E-state index is 12.0. The molecule has 1 N–H and O–H groups in total. The molecule has 106 valence electrons. The largest absolute Gasteiger partial charge is 0.393 e. The molecule has 1 aliphatic carbocycles. The molecule has 0 unspecified atom stereocenters. The summed E-state index contributed by atoms with van der Waals surface area (Å²) in [5.41, 5.74) is 1.91. The average molecular weight is 266 g/mol. The van der Waals surface area contributed by atoms with Crippen molar-refractivity contribution in [3.8, 4) is 0 Å². The number of hydrogen-bond donors (Lipinski definition) is 1. The van der Waals surface area contributed by atoms with Crippen LogP contribution in [-0.2, 0) is 11.2 Å². The summed E-state index contributed by atoms with van der Waals surface area (Å²) in [6.07, 6.45) is 2.64. The summed E-state index contributed by atoms with van der Waals surface area (Å²) < 4.78 is 5.09. The van der Waals surface area contributed by atoms with Gasteiger partial charge in [0.15, 0.2) is 0 Å². The topological polar surface area (TPSA) is 66.6 Å². The van der Waals surface area contributed by atoms with Crippen LogP contribution in [0.25, 0.3) is 0 Å². The van der Waals surface area contributed by atoms with E-state index in [1.54, 1.807) is 4.90 Å². The van der Waals surface area contributed by atoms with E-state index in [1.165, 1.54) is 0 Å². The van der Waals surface area contributed by atoms with Crippen LogP contribution in [0.4, 0.5) is 0 Å². The van der Waals surface area contributed by atoms with E-state index in [0.717, 1.165) is 36.4 Å². The first-order valence-electron chi connectivity index (χ1n) is 6.81. The molecule has 0 bridgehead atoms. The van der Waals surface area contributed by atoms with Gasteiger partial charge >= 0.3 is 0 Å². The third-order valence-corrected chi connectivity index (χ3v) is 3.94. The van der Waals surface area contributed by atoms with Gasteiger partial charge in [0, 0.05) is 25.6 Å². The maximum Gasteiger partial charge on any atom is 0.222 e. The summed E-state index contributed by atoms with van der Waals surface area (Å²) >= 11 is 0. The number of nitrogens with zero attached hydrogens (tertiary/aromatic N) is 2. The van der Waals surface area contributed by atoms with E-state index >= 15 is 0 Å². The van der Waals surface area contributed by atoms with E-state index in [4.69, 9.17) is 4.52 Å². The van der Waals surface area contributed by atoms with Crippen LogP contribution in [0.5, 0.6) is 0 Å². The maximum atomic E-state index is 12.0. The van der Waals surface area contributed by atoms with E-state index in [0.29, 0.717) is 18.8 Å². The van der Waals surface area contributed by atoms with Crippen LogP contribution in [0, 0.1) is 19.8 Å². The molecule has 0 aromatic carbocycles. The highest BCUT2D eigenvalue weighted by Crippen LogP contribution is 2.27. The highest BCUT2D eigenvalue weighted by molar-refractivity contribution is 5.76. The Labute approximate surface area is 113 Å². The molecule has 1 aromatic heterocycles. The summed E-state index contributed by atoms with van der Waals surface area (Å²) in [5, 5.41) is 13.1. The number of aliphatic hydroxyl groups excluding tert-OH is 1. The lowest BCUT2D eigenvalue weighted by Gasteiger charge is -2.34. The van der Waals surface area contributed by atoms with Gasteiger partial charge in [0.2, 0.25) is 5.91 Å². The van der Waals surface area contributed by atoms with Gasteiger partial charge in [-0.3, -0.25) is 4.79 Å². The quantitative estimate of drug-likeness (QED) is 0.876. The number of carbonyl (C=O) groups is 1. The highest BCUT2D eigenvalue weighted by atomic mass is 16.5.